The van der Waals surface area contributed by atoms with Crippen LogP contribution < -0.4 is 0 Å². The van der Waals surface area contributed by atoms with E-state index in [0.29, 0.717) is 6.54 Å². The molecule has 0 aromatic heterocycles. The first-order valence-corrected chi connectivity index (χ1v) is 8.34. The molecule has 0 spiro atoms. The lowest BCUT2D eigenvalue weighted by Crippen LogP contribution is -2.35. The quantitative estimate of drug-likeness (QED) is 0.843. The van der Waals surface area contributed by atoms with Crippen molar-refractivity contribution in [2.45, 2.75) is 39.2 Å². The van der Waals surface area contributed by atoms with Crippen molar-refractivity contribution in [3.63, 3.8) is 0 Å². The summed E-state index contributed by atoms with van der Waals surface area (Å²) in [7, 11) is 0. The Bertz CT molecular complexity index is 624. The summed E-state index contributed by atoms with van der Waals surface area (Å²) in [5, 5.41) is 9.53. The molecule has 1 aliphatic rings. The van der Waals surface area contributed by atoms with Crippen LogP contribution in [0.5, 0.6) is 0 Å². The number of benzene rings is 1. The van der Waals surface area contributed by atoms with E-state index in [4.69, 9.17) is 4.74 Å². The van der Waals surface area contributed by atoms with E-state index >= 15 is 0 Å². The predicted molar refractivity (Wildman–Crippen MR) is 90.6 cm³/mol. The Morgan fingerprint density at radius 3 is 2.48 bits per heavy atom. The SMILES string of the molecule is Cc1cc(Br)ccc1C1CN(C(=O)OC(C)(C)C)CC1C(=O)O. The van der Waals surface area contributed by atoms with Crippen LogP contribution in [0.15, 0.2) is 22.7 Å². The van der Waals surface area contributed by atoms with Crippen molar-refractivity contribution < 1.29 is 19.4 Å². The molecule has 0 saturated carbocycles. The highest BCUT2D eigenvalue weighted by Crippen LogP contribution is 2.36. The molecule has 2 unspecified atom stereocenters. The van der Waals surface area contributed by atoms with Gasteiger partial charge < -0.3 is 14.7 Å². The third-order valence-corrected chi connectivity index (χ3v) is 4.41. The first kappa shape index (κ1) is 17.8. The Morgan fingerprint density at radius 2 is 1.96 bits per heavy atom. The van der Waals surface area contributed by atoms with Crippen LogP contribution in [0.4, 0.5) is 4.79 Å². The molecule has 0 aliphatic carbocycles. The van der Waals surface area contributed by atoms with Crippen molar-refractivity contribution in [1.82, 2.24) is 4.90 Å². The maximum Gasteiger partial charge on any atom is 0.410 e. The van der Waals surface area contributed by atoms with Gasteiger partial charge in [0, 0.05) is 23.5 Å². The topological polar surface area (TPSA) is 66.8 Å². The summed E-state index contributed by atoms with van der Waals surface area (Å²) >= 11 is 3.42. The van der Waals surface area contributed by atoms with E-state index in [-0.39, 0.29) is 12.5 Å². The first-order chi connectivity index (χ1) is 10.6. The second-order valence-corrected chi connectivity index (χ2v) is 7.85. The fourth-order valence-corrected chi connectivity index (χ4v) is 3.38. The van der Waals surface area contributed by atoms with Gasteiger partial charge in [-0.2, -0.15) is 0 Å². The zero-order valence-electron chi connectivity index (χ0n) is 13.8. The van der Waals surface area contributed by atoms with Crippen molar-refractivity contribution in [3.05, 3.63) is 33.8 Å². The highest BCUT2D eigenvalue weighted by atomic mass is 79.9. The van der Waals surface area contributed by atoms with E-state index < -0.39 is 23.6 Å². The molecule has 1 fully saturated rings. The van der Waals surface area contributed by atoms with Crippen molar-refractivity contribution in [2.75, 3.05) is 13.1 Å². The van der Waals surface area contributed by atoms with Crippen LogP contribution in [0.3, 0.4) is 0 Å². The number of hydrogen-bond donors (Lipinski definition) is 1. The minimum atomic E-state index is -0.886. The average molecular weight is 384 g/mol. The summed E-state index contributed by atoms with van der Waals surface area (Å²) in [6.45, 7) is 7.87. The number of ether oxygens (including phenoxy) is 1. The summed E-state index contributed by atoms with van der Waals surface area (Å²) in [6, 6.07) is 5.79. The number of amides is 1. The molecule has 6 heteroatoms. The van der Waals surface area contributed by atoms with Gasteiger partial charge in [-0.3, -0.25) is 4.79 Å². The molecule has 1 aromatic carbocycles. The molecule has 0 bridgehead atoms. The van der Waals surface area contributed by atoms with E-state index in [0.717, 1.165) is 15.6 Å². The van der Waals surface area contributed by atoms with E-state index in [2.05, 4.69) is 15.9 Å². The van der Waals surface area contributed by atoms with E-state index in [1.807, 2.05) is 25.1 Å². The summed E-state index contributed by atoms with van der Waals surface area (Å²) in [5.41, 5.74) is 1.38. The number of halogens is 1. The number of carboxylic acids is 1. The Morgan fingerprint density at radius 1 is 1.30 bits per heavy atom. The molecule has 126 valence electrons. The fourth-order valence-electron chi connectivity index (χ4n) is 2.90. The standard InChI is InChI=1S/C17H22BrNO4/c1-10-7-11(18)5-6-12(10)13-8-19(9-14(13)15(20)21)16(22)23-17(2,3)4/h5-7,13-14H,8-9H2,1-4H3,(H,20,21). The van der Waals surface area contributed by atoms with Gasteiger partial charge in [-0.25, -0.2) is 4.79 Å². The number of nitrogens with zero attached hydrogens (tertiary/aromatic N) is 1. The average Bonchev–Trinajstić information content (AvgIpc) is 2.81. The fraction of sp³-hybridized carbons (Fsp3) is 0.529. The number of likely N-dealkylation sites (tertiary alicyclic amines) is 1. The number of aryl methyl sites for hydroxylation is 1. The number of carboxylic acid groups (broad SMARTS) is 1. The smallest absolute Gasteiger partial charge is 0.410 e. The molecule has 1 aliphatic heterocycles. The minimum absolute atomic E-state index is 0.171. The van der Waals surface area contributed by atoms with Gasteiger partial charge in [-0.15, -0.1) is 0 Å². The second-order valence-electron chi connectivity index (χ2n) is 6.94. The molecule has 23 heavy (non-hydrogen) atoms. The predicted octanol–water partition coefficient (Wildman–Crippen LogP) is 3.79. The molecule has 0 radical (unpaired) electrons. The molecule has 2 rings (SSSR count). The molecule has 5 nitrogen and oxygen atoms in total. The van der Waals surface area contributed by atoms with Crippen LogP contribution in [0.25, 0.3) is 0 Å². The van der Waals surface area contributed by atoms with Crippen molar-refractivity contribution in [1.29, 1.82) is 0 Å². The van der Waals surface area contributed by atoms with E-state index in [9.17, 15) is 14.7 Å². The van der Waals surface area contributed by atoms with Crippen LogP contribution in [0, 0.1) is 12.8 Å². The van der Waals surface area contributed by atoms with Crippen LogP contribution in [-0.2, 0) is 9.53 Å². The van der Waals surface area contributed by atoms with Gasteiger partial charge in [0.1, 0.15) is 5.60 Å². The summed E-state index contributed by atoms with van der Waals surface area (Å²) < 4.78 is 6.32. The minimum Gasteiger partial charge on any atom is -0.481 e. The Kier molecular flexibility index (Phi) is 5.04. The van der Waals surface area contributed by atoms with Crippen molar-refractivity contribution >= 4 is 28.0 Å². The molecule has 1 saturated heterocycles. The third-order valence-electron chi connectivity index (χ3n) is 3.92. The third kappa shape index (κ3) is 4.25. The lowest BCUT2D eigenvalue weighted by molar-refractivity contribution is -0.141. The highest BCUT2D eigenvalue weighted by Gasteiger charge is 2.42. The lowest BCUT2D eigenvalue weighted by Gasteiger charge is -2.24. The molecule has 1 N–H and O–H groups in total. The summed E-state index contributed by atoms with van der Waals surface area (Å²) in [5.74, 6) is -1.74. The largest absolute Gasteiger partial charge is 0.481 e. The van der Waals surface area contributed by atoms with Gasteiger partial charge in [-0.05, 0) is 51.0 Å². The number of aliphatic carboxylic acids is 1. The zero-order valence-corrected chi connectivity index (χ0v) is 15.4. The maximum atomic E-state index is 12.2. The Balaban J connectivity index is 2.25. The van der Waals surface area contributed by atoms with E-state index in [1.54, 1.807) is 20.8 Å². The lowest BCUT2D eigenvalue weighted by atomic mass is 9.86. The van der Waals surface area contributed by atoms with Gasteiger partial charge in [0.05, 0.1) is 5.92 Å². The normalized spacial score (nSPS) is 21.3. The van der Waals surface area contributed by atoms with Crippen LogP contribution in [-0.4, -0.2) is 40.8 Å². The summed E-state index contributed by atoms with van der Waals surface area (Å²) in [6.07, 6.45) is -0.457. The molecule has 1 amide bonds. The molecule has 1 aromatic rings. The molecule has 1 heterocycles. The molecular weight excluding hydrogens is 362 g/mol. The van der Waals surface area contributed by atoms with Gasteiger partial charge in [0.15, 0.2) is 0 Å². The van der Waals surface area contributed by atoms with Crippen molar-refractivity contribution in [3.8, 4) is 0 Å². The number of carbonyl (C=O) groups excluding carboxylic acids is 1. The van der Waals surface area contributed by atoms with E-state index in [1.165, 1.54) is 4.90 Å². The summed E-state index contributed by atoms with van der Waals surface area (Å²) in [4.78, 5) is 25.4. The Hall–Kier alpha value is -1.56. The van der Waals surface area contributed by atoms with Gasteiger partial charge in [0.2, 0.25) is 0 Å². The number of carbonyl (C=O) groups is 2. The van der Waals surface area contributed by atoms with Gasteiger partial charge >= 0.3 is 12.1 Å². The van der Waals surface area contributed by atoms with Gasteiger partial charge in [-0.1, -0.05) is 22.0 Å². The zero-order chi connectivity index (χ0) is 17.4. The van der Waals surface area contributed by atoms with Crippen molar-refractivity contribution in [2.24, 2.45) is 5.92 Å². The number of rotatable bonds is 2. The van der Waals surface area contributed by atoms with Crippen LogP contribution in [0.1, 0.15) is 37.8 Å². The van der Waals surface area contributed by atoms with Gasteiger partial charge in [0.25, 0.3) is 0 Å². The van der Waals surface area contributed by atoms with Crippen LogP contribution >= 0.6 is 15.9 Å². The Labute approximate surface area is 144 Å². The highest BCUT2D eigenvalue weighted by molar-refractivity contribution is 9.10. The number of hydrogen-bond acceptors (Lipinski definition) is 3. The second kappa shape index (κ2) is 6.51. The maximum absolute atomic E-state index is 12.2. The van der Waals surface area contributed by atoms with Crippen LogP contribution in [0.2, 0.25) is 0 Å². The molecular formula is C17H22BrNO4. The molecule has 2 atom stereocenters. The first-order valence-electron chi connectivity index (χ1n) is 7.55. The monoisotopic (exact) mass is 383 g/mol.